The quantitative estimate of drug-likeness (QED) is 0.783. The molecule has 0 spiro atoms. The van der Waals surface area contributed by atoms with Gasteiger partial charge in [-0.15, -0.1) is 0 Å². The van der Waals surface area contributed by atoms with Crippen LogP contribution in [-0.2, 0) is 4.79 Å². The minimum atomic E-state index is -0.418. The van der Waals surface area contributed by atoms with Gasteiger partial charge in [-0.05, 0) is 32.9 Å². The minimum Gasteiger partial charge on any atom is -0.336 e. The zero-order valence-corrected chi connectivity index (χ0v) is 12.3. The van der Waals surface area contributed by atoms with Crippen molar-refractivity contribution in [1.29, 1.82) is 0 Å². The fourth-order valence-corrected chi connectivity index (χ4v) is 3.25. The Hall–Kier alpha value is -0.160. The lowest BCUT2D eigenvalue weighted by molar-refractivity contribution is -0.109. The molecule has 1 amide bonds. The van der Waals surface area contributed by atoms with Crippen molar-refractivity contribution in [3.05, 3.63) is 0 Å². The summed E-state index contributed by atoms with van der Waals surface area (Å²) in [4.78, 5) is 22.9. The second-order valence-electron chi connectivity index (χ2n) is 4.88. The van der Waals surface area contributed by atoms with E-state index in [2.05, 4.69) is 5.32 Å². The van der Waals surface area contributed by atoms with Crippen molar-refractivity contribution < 1.29 is 9.59 Å². The maximum Gasteiger partial charge on any atom is 0.279 e. The van der Waals surface area contributed by atoms with Crippen LogP contribution >= 0.6 is 23.5 Å². The van der Waals surface area contributed by atoms with Crippen molar-refractivity contribution in [3.8, 4) is 0 Å². The van der Waals surface area contributed by atoms with Crippen molar-refractivity contribution in [1.82, 2.24) is 5.32 Å². The van der Waals surface area contributed by atoms with Crippen molar-refractivity contribution in [2.24, 2.45) is 0 Å². The molecule has 1 aliphatic carbocycles. The number of thioether (sulfide) groups is 2. The first-order chi connectivity index (χ1) is 7.99. The number of rotatable bonds is 5. The molecule has 1 atom stereocenters. The fourth-order valence-electron chi connectivity index (χ4n) is 1.82. The highest BCUT2D eigenvalue weighted by molar-refractivity contribution is 8.14. The first-order valence-electron chi connectivity index (χ1n) is 5.97. The Morgan fingerprint density at radius 3 is 2.47 bits per heavy atom. The summed E-state index contributed by atoms with van der Waals surface area (Å²) in [5.74, 6) is 0. The third kappa shape index (κ3) is 4.54. The maximum absolute atomic E-state index is 11.8. The number of carbonyl (C=O) groups excluding carboxylic acids is 2. The van der Waals surface area contributed by atoms with Gasteiger partial charge >= 0.3 is 0 Å². The van der Waals surface area contributed by atoms with Gasteiger partial charge in [0.15, 0.2) is 0 Å². The third-order valence-electron chi connectivity index (χ3n) is 3.26. The molecule has 17 heavy (non-hydrogen) atoms. The summed E-state index contributed by atoms with van der Waals surface area (Å²) in [7, 11) is 0. The van der Waals surface area contributed by atoms with E-state index in [1.807, 2.05) is 20.1 Å². The minimum absolute atomic E-state index is 0.0591. The lowest BCUT2D eigenvalue weighted by Gasteiger charge is -2.29. The molecule has 1 rings (SSSR count). The van der Waals surface area contributed by atoms with E-state index in [1.54, 1.807) is 11.8 Å². The second-order valence-corrected chi connectivity index (χ2v) is 7.61. The van der Waals surface area contributed by atoms with Crippen LogP contribution in [0, 0.1) is 0 Å². The molecule has 1 fully saturated rings. The Labute approximate surface area is 112 Å². The van der Waals surface area contributed by atoms with Crippen LogP contribution in [0.25, 0.3) is 0 Å². The normalized spacial score (nSPS) is 19.0. The second kappa shape index (κ2) is 6.69. The topological polar surface area (TPSA) is 46.2 Å². The summed E-state index contributed by atoms with van der Waals surface area (Å²) in [6.07, 6.45) is 7.47. The SMILES string of the molecule is CSC(C)(C)C(C=O)NC(=O)SC1CCCC1. The molecule has 1 saturated carbocycles. The molecule has 0 aromatic carbocycles. The van der Waals surface area contributed by atoms with Crippen molar-refractivity contribution in [3.63, 3.8) is 0 Å². The summed E-state index contributed by atoms with van der Waals surface area (Å²) >= 11 is 2.95. The molecule has 5 heteroatoms. The summed E-state index contributed by atoms with van der Waals surface area (Å²) in [5, 5.41) is 3.20. The number of amides is 1. The molecule has 0 heterocycles. The summed E-state index contributed by atoms with van der Waals surface area (Å²) in [5.41, 5.74) is 0. The van der Waals surface area contributed by atoms with Crippen LogP contribution in [0.5, 0.6) is 0 Å². The Balaban J connectivity index is 2.44. The largest absolute Gasteiger partial charge is 0.336 e. The van der Waals surface area contributed by atoms with Gasteiger partial charge in [-0.1, -0.05) is 24.6 Å². The molecule has 1 unspecified atom stereocenters. The van der Waals surface area contributed by atoms with E-state index < -0.39 is 6.04 Å². The molecule has 98 valence electrons. The third-order valence-corrected chi connectivity index (χ3v) is 5.70. The molecule has 3 nitrogen and oxygen atoms in total. The van der Waals surface area contributed by atoms with Crippen molar-refractivity contribution in [2.75, 3.05) is 6.26 Å². The molecule has 0 aromatic rings. The van der Waals surface area contributed by atoms with Crippen molar-refractivity contribution >= 4 is 35.0 Å². The van der Waals surface area contributed by atoms with Gasteiger partial charge in [0.25, 0.3) is 5.24 Å². The van der Waals surface area contributed by atoms with Crippen LogP contribution in [0.2, 0.25) is 0 Å². The number of hydrogen-bond acceptors (Lipinski definition) is 4. The molecule has 0 bridgehead atoms. The van der Waals surface area contributed by atoms with Gasteiger partial charge in [-0.25, -0.2) is 0 Å². The lowest BCUT2D eigenvalue weighted by Crippen LogP contribution is -2.47. The standard InChI is InChI=1S/C12H21NO2S2/c1-12(2,16-3)10(8-14)13-11(15)17-9-6-4-5-7-9/h8-10H,4-7H2,1-3H3,(H,13,15). The van der Waals surface area contributed by atoms with E-state index >= 15 is 0 Å². The number of carbonyl (C=O) groups is 2. The summed E-state index contributed by atoms with van der Waals surface area (Å²) in [6.45, 7) is 3.94. The predicted molar refractivity (Wildman–Crippen MR) is 75.8 cm³/mol. The van der Waals surface area contributed by atoms with Crippen molar-refractivity contribution in [2.45, 2.75) is 55.6 Å². The number of nitrogens with one attached hydrogen (secondary N) is 1. The Morgan fingerprint density at radius 1 is 1.41 bits per heavy atom. The van der Waals surface area contributed by atoms with Gasteiger partial charge < -0.3 is 10.1 Å². The fraction of sp³-hybridized carbons (Fsp3) is 0.833. The predicted octanol–water partition coefficient (Wildman–Crippen LogP) is 3.08. The van der Waals surface area contributed by atoms with Crippen LogP contribution in [-0.4, -0.2) is 33.8 Å². The van der Waals surface area contributed by atoms with Crippen LogP contribution < -0.4 is 5.32 Å². The van der Waals surface area contributed by atoms with Crippen LogP contribution in [0.3, 0.4) is 0 Å². The highest BCUT2D eigenvalue weighted by atomic mass is 32.2. The van der Waals surface area contributed by atoms with Gasteiger partial charge in [0, 0.05) is 10.00 Å². The van der Waals surface area contributed by atoms with E-state index in [0.717, 1.165) is 19.1 Å². The van der Waals surface area contributed by atoms with E-state index in [0.29, 0.717) is 5.25 Å². The molecule has 1 N–H and O–H groups in total. The Bertz CT molecular complexity index is 276. The molecule has 0 saturated heterocycles. The summed E-state index contributed by atoms with van der Waals surface area (Å²) in [6, 6.07) is -0.418. The number of aldehydes is 1. The number of hydrogen-bond donors (Lipinski definition) is 1. The average Bonchev–Trinajstić information content (AvgIpc) is 2.78. The van der Waals surface area contributed by atoms with E-state index in [1.165, 1.54) is 24.6 Å². The zero-order chi connectivity index (χ0) is 12.9. The highest BCUT2D eigenvalue weighted by Crippen LogP contribution is 2.30. The van der Waals surface area contributed by atoms with Gasteiger partial charge in [0.2, 0.25) is 0 Å². The van der Waals surface area contributed by atoms with Crippen LogP contribution in [0.1, 0.15) is 39.5 Å². The molecule has 0 aromatic heterocycles. The molecular formula is C12H21NO2S2. The van der Waals surface area contributed by atoms with Gasteiger partial charge in [-0.2, -0.15) is 11.8 Å². The first kappa shape index (κ1) is 14.9. The molecule has 0 aliphatic heterocycles. The molecular weight excluding hydrogens is 254 g/mol. The van der Waals surface area contributed by atoms with E-state index in [9.17, 15) is 9.59 Å². The van der Waals surface area contributed by atoms with E-state index in [4.69, 9.17) is 0 Å². The molecule has 1 aliphatic rings. The smallest absolute Gasteiger partial charge is 0.279 e. The Kier molecular flexibility index (Phi) is 5.86. The van der Waals surface area contributed by atoms with Gasteiger partial charge in [0.05, 0.1) is 6.04 Å². The van der Waals surface area contributed by atoms with Gasteiger partial charge in [0.1, 0.15) is 6.29 Å². The zero-order valence-electron chi connectivity index (χ0n) is 10.7. The molecule has 0 radical (unpaired) electrons. The monoisotopic (exact) mass is 275 g/mol. The lowest BCUT2D eigenvalue weighted by atomic mass is 10.1. The summed E-state index contributed by atoms with van der Waals surface area (Å²) < 4.78 is -0.256. The maximum atomic E-state index is 11.8. The first-order valence-corrected chi connectivity index (χ1v) is 8.07. The van der Waals surface area contributed by atoms with Crippen LogP contribution in [0.15, 0.2) is 0 Å². The van der Waals surface area contributed by atoms with E-state index in [-0.39, 0.29) is 9.99 Å². The average molecular weight is 275 g/mol. The van der Waals surface area contributed by atoms with Gasteiger partial charge in [-0.3, -0.25) is 4.79 Å². The van der Waals surface area contributed by atoms with Crippen LogP contribution in [0.4, 0.5) is 4.79 Å². The Morgan fingerprint density at radius 2 is 2.00 bits per heavy atom. The highest BCUT2D eigenvalue weighted by Gasteiger charge is 2.30.